The number of guanidine groups is 2. The van der Waals surface area contributed by atoms with E-state index in [1.54, 1.807) is 7.11 Å². The lowest BCUT2D eigenvalue weighted by Gasteiger charge is -2.10. The Morgan fingerprint density at radius 1 is 1.30 bits per heavy atom. The summed E-state index contributed by atoms with van der Waals surface area (Å²) in [4.78, 5) is 7.80. The largest absolute Gasteiger partial charge is 0.496 e. The molecule has 0 aromatic heterocycles. The van der Waals surface area contributed by atoms with Crippen LogP contribution in [0.2, 0.25) is 0 Å². The van der Waals surface area contributed by atoms with Crippen molar-refractivity contribution in [3.63, 3.8) is 0 Å². The van der Waals surface area contributed by atoms with Crippen molar-refractivity contribution in [1.29, 1.82) is 0 Å². The first-order valence-corrected chi connectivity index (χ1v) is 6.36. The van der Waals surface area contributed by atoms with Gasteiger partial charge >= 0.3 is 0 Å². The van der Waals surface area contributed by atoms with Crippen LogP contribution in [0, 0.1) is 0 Å². The van der Waals surface area contributed by atoms with Crippen LogP contribution in [-0.4, -0.2) is 25.6 Å². The molecule has 0 bridgehead atoms. The first kappa shape index (κ1) is 13.9. The van der Waals surface area contributed by atoms with Crippen molar-refractivity contribution in [3.05, 3.63) is 35.4 Å². The fourth-order valence-electron chi connectivity index (χ4n) is 2.30. The van der Waals surface area contributed by atoms with E-state index >= 15 is 0 Å². The molecule has 6 heteroatoms. The molecule has 0 amide bonds. The minimum absolute atomic E-state index is 0.0849. The molecule has 0 saturated carbocycles. The molecule has 1 aromatic rings. The second-order valence-corrected chi connectivity index (χ2v) is 4.45. The van der Waals surface area contributed by atoms with Crippen LogP contribution in [0.1, 0.15) is 17.5 Å². The van der Waals surface area contributed by atoms with Crippen molar-refractivity contribution in [3.8, 4) is 5.75 Å². The standard InChI is InChI=1S/C14H19N5O/c1-20-11-4-2-3-9-5-6-10(12(9)11)7-8-18-14(17)19-13(15)16/h2-4,6H,5,7-8H2,1H3,(H6,15,16,17,18,19). The van der Waals surface area contributed by atoms with E-state index in [1.165, 1.54) is 16.7 Å². The van der Waals surface area contributed by atoms with Crippen LogP contribution in [0.3, 0.4) is 0 Å². The van der Waals surface area contributed by atoms with Crippen LogP contribution in [-0.2, 0) is 6.42 Å². The number of nitrogens with two attached hydrogens (primary N) is 3. The normalized spacial score (nSPS) is 13.7. The van der Waals surface area contributed by atoms with Crippen LogP contribution < -0.4 is 21.9 Å². The molecule has 0 heterocycles. The molecular formula is C14H19N5O. The fraction of sp³-hybridized carbons (Fsp3) is 0.286. The molecule has 0 radical (unpaired) electrons. The van der Waals surface area contributed by atoms with Crippen molar-refractivity contribution in [2.75, 3.05) is 13.7 Å². The average Bonchev–Trinajstić information content (AvgIpc) is 2.81. The fourth-order valence-corrected chi connectivity index (χ4v) is 2.30. The Bertz CT molecular complexity index is 585. The van der Waals surface area contributed by atoms with Crippen molar-refractivity contribution in [2.24, 2.45) is 27.2 Å². The van der Waals surface area contributed by atoms with Crippen molar-refractivity contribution in [1.82, 2.24) is 0 Å². The molecule has 1 aromatic carbocycles. The van der Waals surface area contributed by atoms with E-state index in [-0.39, 0.29) is 11.9 Å². The van der Waals surface area contributed by atoms with E-state index < -0.39 is 0 Å². The Morgan fingerprint density at radius 2 is 2.10 bits per heavy atom. The Labute approximate surface area is 118 Å². The molecule has 1 aliphatic rings. The summed E-state index contributed by atoms with van der Waals surface area (Å²) < 4.78 is 5.41. The van der Waals surface area contributed by atoms with Gasteiger partial charge in [-0.25, -0.2) is 0 Å². The Hall–Kier alpha value is -2.50. The van der Waals surface area contributed by atoms with E-state index in [4.69, 9.17) is 21.9 Å². The Balaban J connectivity index is 2.06. The Kier molecular flexibility index (Phi) is 4.24. The van der Waals surface area contributed by atoms with E-state index in [9.17, 15) is 0 Å². The second kappa shape index (κ2) is 6.10. The van der Waals surface area contributed by atoms with Gasteiger partial charge in [0.15, 0.2) is 5.96 Å². The summed E-state index contributed by atoms with van der Waals surface area (Å²) in [5, 5.41) is 0. The smallest absolute Gasteiger partial charge is 0.218 e. The third-order valence-electron chi connectivity index (χ3n) is 3.12. The van der Waals surface area contributed by atoms with E-state index in [0.29, 0.717) is 6.54 Å². The summed E-state index contributed by atoms with van der Waals surface area (Å²) >= 11 is 0. The van der Waals surface area contributed by atoms with Crippen LogP contribution in [0.5, 0.6) is 5.75 Å². The Morgan fingerprint density at radius 3 is 2.80 bits per heavy atom. The summed E-state index contributed by atoms with van der Waals surface area (Å²) in [7, 11) is 1.68. The highest BCUT2D eigenvalue weighted by atomic mass is 16.5. The maximum atomic E-state index is 5.57. The third kappa shape index (κ3) is 3.09. The van der Waals surface area contributed by atoms with E-state index in [2.05, 4.69) is 22.1 Å². The molecule has 0 fully saturated rings. The summed E-state index contributed by atoms with van der Waals surface area (Å²) in [5.41, 5.74) is 19.7. The van der Waals surface area contributed by atoms with Gasteiger partial charge in [0.25, 0.3) is 0 Å². The molecule has 2 rings (SSSR count). The number of methoxy groups -OCH3 is 1. The maximum Gasteiger partial charge on any atom is 0.218 e. The number of fused-ring (bicyclic) bond motifs is 1. The SMILES string of the molecule is COc1cccc2c1C(CCN=C(N)N=C(N)N)=CC2. The molecule has 0 spiro atoms. The molecule has 6 N–H and O–H groups in total. The predicted molar refractivity (Wildman–Crippen MR) is 81.6 cm³/mol. The third-order valence-corrected chi connectivity index (χ3v) is 3.12. The first-order chi connectivity index (χ1) is 9.61. The molecule has 0 saturated heterocycles. The van der Waals surface area contributed by atoms with Crippen LogP contribution in [0.15, 0.2) is 34.3 Å². The van der Waals surface area contributed by atoms with Crippen LogP contribution in [0.25, 0.3) is 5.57 Å². The van der Waals surface area contributed by atoms with Gasteiger partial charge in [-0.05, 0) is 30.0 Å². The highest BCUT2D eigenvalue weighted by Gasteiger charge is 2.17. The number of aliphatic imine (C=N–C) groups is 2. The zero-order valence-electron chi connectivity index (χ0n) is 11.5. The van der Waals surface area contributed by atoms with Gasteiger partial charge < -0.3 is 21.9 Å². The zero-order valence-corrected chi connectivity index (χ0v) is 11.5. The number of benzene rings is 1. The minimum atomic E-state index is -0.0849. The number of nitrogens with zero attached hydrogens (tertiary/aromatic N) is 2. The van der Waals surface area contributed by atoms with Crippen molar-refractivity contribution < 1.29 is 4.74 Å². The van der Waals surface area contributed by atoms with Gasteiger partial charge in [0.05, 0.1) is 7.11 Å². The molecule has 0 unspecified atom stereocenters. The minimum Gasteiger partial charge on any atom is -0.496 e. The van der Waals surface area contributed by atoms with Crippen LogP contribution in [0.4, 0.5) is 0 Å². The lowest BCUT2D eigenvalue weighted by molar-refractivity contribution is 0.413. The van der Waals surface area contributed by atoms with Gasteiger partial charge in [0.1, 0.15) is 5.75 Å². The van der Waals surface area contributed by atoms with Gasteiger partial charge in [0.2, 0.25) is 5.96 Å². The predicted octanol–water partition coefficient (Wildman–Crippen LogP) is 0.613. The summed E-state index contributed by atoms with van der Waals surface area (Å²) in [6, 6.07) is 6.08. The first-order valence-electron chi connectivity index (χ1n) is 6.36. The van der Waals surface area contributed by atoms with Crippen LogP contribution >= 0.6 is 0 Å². The zero-order chi connectivity index (χ0) is 14.5. The van der Waals surface area contributed by atoms with Gasteiger partial charge in [-0.15, -0.1) is 0 Å². The van der Waals surface area contributed by atoms with Crippen molar-refractivity contribution in [2.45, 2.75) is 12.8 Å². The highest BCUT2D eigenvalue weighted by Crippen LogP contribution is 2.36. The monoisotopic (exact) mass is 273 g/mol. The summed E-state index contributed by atoms with van der Waals surface area (Å²) in [5.74, 6) is 0.912. The van der Waals surface area contributed by atoms with E-state index in [1.807, 2.05) is 12.1 Å². The maximum absolute atomic E-state index is 5.57. The molecular weight excluding hydrogens is 254 g/mol. The molecule has 0 atom stereocenters. The number of hydrogen-bond donors (Lipinski definition) is 3. The lowest BCUT2D eigenvalue weighted by atomic mass is 10.0. The van der Waals surface area contributed by atoms with Gasteiger partial charge in [-0.1, -0.05) is 18.2 Å². The molecule has 20 heavy (non-hydrogen) atoms. The van der Waals surface area contributed by atoms with Gasteiger partial charge in [-0.3, -0.25) is 4.99 Å². The van der Waals surface area contributed by atoms with Crippen molar-refractivity contribution >= 4 is 17.5 Å². The quantitative estimate of drug-likeness (QED) is 0.551. The van der Waals surface area contributed by atoms with E-state index in [0.717, 1.165) is 18.6 Å². The number of hydrogen-bond acceptors (Lipinski definition) is 2. The average molecular weight is 273 g/mol. The van der Waals surface area contributed by atoms with Gasteiger partial charge in [-0.2, -0.15) is 4.99 Å². The number of ether oxygens (including phenoxy) is 1. The second-order valence-electron chi connectivity index (χ2n) is 4.45. The highest BCUT2D eigenvalue weighted by molar-refractivity contribution is 5.92. The van der Waals surface area contributed by atoms with Gasteiger partial charge in [0, 0.05) is 12.1 Å². The number of rotatable bonds is 4. The number of allylic oxidation sites excluding steroid dienone is 1. The molecule has 106 valence electrons. The molecule has 0 aliphatic heterocycles. The summed E-state index contributed by atoms with van der Waals surface area (Å²) in [6.45, 7) is 0.534. The topological polar surface area (TPSA) is 112 Å². The lowest BCUT2D eigenvalue weighted by Crippen LogP contribution is -2.26. The molecule has 1 aliphatic carbocycles. The molecule has 6 nitrogen and oxygen atoms in total. The summed E-state index contributed by atoms with van der Waals surface area (Å²) in [6.07, 6.45) is 3.89.